The standard InChI is InChI=1S/C19H19FN2O4/c1-21-19(24)17-11-22(14-5-3-4-6-16(14)26-17)18(23)10-12-7-8-15(25-2)13(20)9-12/h3-9,17H,10-11H2,1-2H3,(H,21,24)/t17-/m0/s1. The van der Waals surface area contributed by atoms with Gasteiger partial charge in [0.1, 0.15) is 5.75 Å². The summed E-state index contributed by atoms with van der Waals surface area (Å²) >= 11 is 0. The van der Waals surface area contributed by atoms with Crippen molar-refractivity contribution in [3.8, 4) is 11.5 Å². The fourth-order valence-corrected chi connectivity index (χ4v) is 2.86. The van der Waals surface area contributed by atoms with Gasteiger partial charge in [0.25, 0.3) is 5.91 Å². The largest absolute Gasteiger partial charge is 0.494 e. The van der Waals surface area contributed by atoms with Crippen LogP contribution in [0.1, 0.15) is 5.56 Å². The molecule has 0 aromatic heterocycles. The number of hydrogen-bond acceptors (Lipinski definition) is 4. The summed E-state index contributed by atoms with van der Waals surface area (Å²) in [6, 6.07) is 11.4. The first-order chi connectivity index (χ1) is 12.5. The summed E-state index contributed by atoms with van der Waals surface area (Å²) < 4.78 is 24.4. The lowest BCUT2D eigenvalue weighted by molar-refractivity contribution is -0.127. The molecule has 0 spiro atoms. The Morgan fingerprint density at radius 1 is 1.31 bits per heavy atom. The fraction of sp³-hybridized carbons (Fsp3) is 0.263. The van der Waals surface area contributed by atoms with Gasteiger partial charge < -0.3 is 19.7 Å². The molecule has 2 amide bonds. The van der Waals surface area contributed by atoms with Gasteiger partial charge >= 0.3 is 0 Å². The average molecular weight is 358 g/mol. The van der Waals surface area contributed by atoms with Crippen molar-refractivity contribution in [1.29, 1.82) is 0 Å². The molecule has 3 rings (SSSR count). The van der Waals surface area contributed by atoms with E-state index in [0.29, 0.717) is 17.0 Å². The lowest BCUT2D eigenvalue weighted by atomic mass is 10.1. The van der Waals surface area contributed by atoms with Crippen LogP contribution < -0.4 is 19.7 Å². The third-order valence-electron chi connectivity index (χ3n) is 4.19. The van der Waals surface area contributed by atoms with Gasteiger partial charge in [0.15, 0.2) is 17.7 Å². The highest BCUT2D eigenvalue weighted by molar-refractivity contribution is 5.98. The van der Waals surface area contributed by atoms with Gasteiger partial charge in [-0.3, -0.25) is 9.59 Å². The number of para-hydroxylation sites is 2. The normalized spacial score (nSPS) is 15.7. The van der Waals surface area contributed by atoms with Crippen LogP contribution in [0.2, 0.25) is 0 Å². The first kappa shape index (κ1) is 17.7. The number of amides is 2. The van der Waals surface area contributed by atoms with Crippen LogP contribution in [0, 0.1) is 5.82 Å². The van der Waals surface area contributed by atoms with Crippen molar-refractivity contribution in [2.45, 2.75) is 12.5 Å². The lowest BCUT2D eigenvalue weighted by Gasteiger charge is -2.34. The van der Waals surface area contributed by atoms with E-state index in [1.54, 1.807) is 30.3 Å². The van der Waals surface area contributed by atoms with Crippen LogP contribution in [0.3, 0.4) is 0 Å². The minimum absolute atomic E-state index is 0.00425. The Labute approximate surface area is 150 Å². The van der Waals surface area contributed by atoms with E-state index in [-0.39, 0.29) is 30.5 Å². The van der Waals surface area contributed by atoms with Gasteiger partial charge in [0.2, 0.25) is 5.91 Å². The first-order valence-electron chi connectivity index (χ1n) is 8.13. The van der Waals surface area contributed by atoms with E-state index in [2.05, 4.69) is 5.32 Å². The minimum atomic E-state index is -0.800. The van der Waals surface area contributed by atoms with Crippen molar-refractivity contribution in [3.05, 3.63) is 53.8 Å². The molecule has 0 bridgehead atoms. The van der Waals surface area contributed by atoms with Crippen LogP contribution in [0.4, 0.5) is 10.1 Å². The number of benzene rings is 2. The molecule has 1 N–H and O–H groups in total. The number of nitrogens with one attached hydrogen (secondary N) is 1. The number of ether oxygens (including phenoxy) is 2. The number of likely N-dealkylation sites (N-methyl/N-ethyl adjacent to an activating group) is 1. The third-order valence-corrected chi connectivity index (χ3v) is 4.19. The zero-order valence-electron chi connectivity index (χ0n) is 14.5. The van der Waals surface area contributed by atoms with Crippen molar-refractivity contribution in [3.63, 3.8) is 0 Å². The molecule has 26 heavy (non-hydrogen) atoms. The number of hydrogen-bond donors (Lipinski definition) is 1. The summed E-state index contributed by atoms with van der Waals surface area (Å²) in [4.78, 5) is 26.3. The van der Waals surface area contributed by atoms with E-state index in [4.69, 9.17) is 9.47 Å². The van der Waals surface area contributed by atoms with E-state index >= 15 is 0 Å². The van der Waals surface area contributed by atoms with E-state index in [1.807, 2.05) is 0 Å². The third kappa shape index (κ3) is 3.46. The quantitative estimate of drug-likeness (QED) is 0.907. The molecule has 0 aliphatic carbocycles. The molecular weight excluding hydrogens is 339 g/mol. The number of carbonyl (C=O) groups is 2. The van der Waals surface area contributed by atoms with E-state index in [9.17, 15) is 14.0 Å². The molecule has 6 nitrogen and oxygen atoms in total. The predicted octanol–water partition coefficient (Wildman–Crippen LogP) is 1.92. The highest BCUT2D eigenvalue weighted by atomic mass is 19.1. The van der Waals surface area contributed by atoms with Crippen LogP contribution in [-0.2, 0) is 16.0 Å². The average Bonchev–Trinajstić information content (AvgIpc) is 2.66. The lowest BCUT2D eigenvalue weighted by Crippen LogP contribution is -2.50. The molecule has 1 atom stereocenters. The van der Waals surface area contributed by atoms with Gasteiger partial charge in [0, 0.05) is 7.05 Å². The maximum atomic E-state index is 13.9. The fourth-order valence-electron chi connectivity index (χ4n) is 2.86. The van der Waals surface area contributed by atoms with Crippen LogP contribution >= 0.6 is 0 Å². The summed E-state index contributed by atoms with van der Waals surface area (Å²) in [6.07, 6.45) is -0.804. The van der Waals surface area contributed by atoms with Crippen molar-refractivity contribution in [1.82, 2.24) is 5.32 Å². The van der Waals surface area contributed by atoms with E-state index in [1.165, 1.54) is 31.2 Å². The van der Waals surface area contributed by atoms with Gasteiger partial charge in [0.05, 0.1) is 25.8 Å². The monoisotopic (exact) mass is 358 g/mol. The minimum Gasteiger partial charge on any atom is -0.494 e. The summed E-state index contributed by atoms with van der Waals surface area (Å²) in [5.74, 6) is -0.505. The number of halogens is 1. The maximum absolute atomic E-state index is 13.9. The van der Waals surface area contributed by atoms with Crippen LogP contribution in [-0.4, -0.2) is 38.6 Å². The molecule has 0 fully saturated rings. The first-order valence-corrected chi connectivity index (χ1v) is 8.13. The van der Waals surface area contributed by atoms with E-state index < -0.39 is 11.9 Å². The number of nitrogens with zero attached hydrogens (tertiary/aromatic N) is 1. The molecule has 0 radical (unpaired) electrons. The summed E-state index contributed by atoms with van der Waals surface area (Å²) in [7, 11) is 2.89. The number of methoxy groups -OCH3 is 1. The summed E-state index contributed by atoms with van der Waals surface area (Å²) in [5, 5.41) is 2.53. The summed E-state index contributed by atoms with van der Waals surface area (Å²) in [5.41, 5.74) is 1.11. The highest BCUT2D eigenvalue weighted by Gasteiger charge is 2.33. The Morgan fingerprint density at radius 3 is 2.77 bits per heavy atom. The molecule has 2 aromatic carbocycles. The van der Waals surface area contributed by atoms with Gasteiger partial charge in [-0.05, 0) is 29.8 Å². The van der Waals surface area contributed by atoms with Gasteiger partial charge in [-0.15, -0.1) is 0 Å². The molecular formula is C19H19FN2O4. The van der Waals surface area contributed by atoms with Gasteiger partial charge in [-0.25, -0.2) is 4.39 Å². The second-order valence-corrected chi connectivity index (χ2v) is 5.84. The van der Waals surface area contributed by atoms with Crippen LogP contribution in [0.25, 0.3) is 0 Å². The van der Waals surface area contributed by atoms with Crippen molar-refractivity contribution in [2.24, 2.45) is 0 Å². The SMILES string of the molecule is CNC(=O)[C@@H]1CN(C(=O)Cc2ccc(OC)c(F)c2)c2ccccc2O1. The van der Waals surface area contributed by atoms with Crippen LogP contribution in [0.5, 0.6) is 11.5 Å². The second kappa shape index (κ2) is 7.43. The molecule has 136 valence electrons. The number of rotatable bonds is 4. The second-order valence-electron chi connectivity index (χ2n) is 5.84. The maximum Gasteiger partial charge on any atom is 0.262 e. The Bertz CT molecular complexity index is 840. The molecule has 0 saturated heterocycles. The molecule has 1 aliphatic rings. The molecule has 2 aromatic rings. The zero-order chi connectivity index (χ0) is 18.7. The van der Waals surface area contributed by atoms with Crippen molar-refractivity contribution < 1.29 is 23.5 Å². The number of fused-ring (bicyclic) bond motifs is 1. The van der Waals surface area contributed by atoms with Crippen LogP contribution in [0.15, 0.2) is 42.5 Å². The number of anilines is 1. The van der Waals surface area contributed by atoms with Crippen molar-refractivity contribution in [2.75, 3.05) is 25.6 Å². The zero-order valence-corrected chi connectivity index (χ0v) is 14.5. The van der Waals surface area contributed by atoms with Crippen molar-refractivity contribution >= 4 is 17.5 Å². The Balaban J connectivity index is 1.85. The molecule has 7 heteroatoms. The topological polar surface area (TPSA) is 67.9 Å². The van der Waals surface area contributed by atoms with Gasteiger partial charge in [-0.1, -0.05) is 18.2 Å². The van der Waals surface area contributed by atoms with Gasteiger partial charge in [-0.2, -0.15) is 0 Å². The molecule has 1 heterocycles. The summed E-state index contributed by atoms with van der Waals surface area (Å²) in [6.45, 7) is 0.0914. The molecule has 1 aliphatic heterocycles. The Kier molecular flexibility index (Phi) is 5.06. The molecule has 0 unspecified atom stereocenters. The highest BCUT2D eigenvalue weighted by Crippen LogP contribution is 2.33. The smallest absolute Gasteiger partial charge is 0.262 e. The molecule has 0 saturated carbocycles. The number of carbonyl (C=O) groups excluding carboxylic acids is 2. The van der Waals surface area contributed by atoms with E-state index in [0.717, 1.165) is 0 Å². The predicted molar refractivity (Wildman–Crippen MR) is 93.9 cm³/mol. The Hall–Kier alpha value is -3.09. The Morgan fingerprint density at radius 2 is 2.08 bits per heavy atom.